The van der Waals surface area contributed by atoms with E-state index in [9.17, 15) is 4.79 Å². The Labute approximate surface area is 171 Å². The molecule has 0 spiro atoms. The molecule has 5 nitrogen and oxygen atoms in total. The molecule has 2 aromatic carbocycles. The van der Waals surface area contributed by atoms with E-state index in [1.165, 1.54) is 5.56 Å². The van der Waals surface area contributed by atoms with Crippen molar-refractivity contribution in [1.82, 2.24) is 10.2 Å². The summed E-state index contributed by atoms with van der Waals surface area (Å²) in [5.41, 5.74) is 2.81. The molecule has 150 valence electrons. The van der Waals surface area contributed by atoms with Gasteiger partial charge in [-0.25, -0.2) is 0 Å². The van der Waals surface area contributed by atoms with Crippen LogP contribution < -0.4 is 14.8 Å². The quantitative estimate of drug-likeness (QED) is 0.751. The summed E-state index contributed by atoms with van der Waals surface area (Å²) in [6.07, 6.45) is 0.788. The SMILES string of the molecule is CCN(CC)Cc1ccccc1CNC(=O)c1cc(Cl)c2c(c1)OCCCO2. The number of fused-ring (bicyclic) bond motifs is 1. The molecular formula is C22H27ClN2O3. The molecule has 2 aromatic rings. The van der Waals surface area contributed by atoms with E-state index in [1.54, 1.807) is 12.1 Å². The fraction of sp³-hybridized carbons (Fsp3) is 0.409. The van der Waals surface area contributed by atoms with Crippen LogP contribution in [0.15, 0.2) is 36.4 Å². The fourth-order valence-corrected chi connectivity index (χ4v) is 3.48. The smallest absolute Gasteiger partial charge is 0.251 e. The highest BCUT2D eigenvalue weighted by atomic mass is 35.5. The van der Waals surface area contributed by atoms with E-state index < -0.39 is 0 Å². The van der Waals surface area contributed by atoms with Crippen LogP contribution in [0.3, 0.4) is 0 Å². The molecule has 0 bridgehead atoms. The minimum Gasteiger partial charge on any atom is -0.489 e. The molecule has 0 atom stereocenters. The average molecular weight is 403 g/mol. The highest BCUT2D eigenvalue weighted by Gasteiger charge is 2.18. The Kier molecular flexibility index (Phi) is 7.18. The standard InChI is InChI=1S/C22H27ClN2O3/c1-3-25(4-2)15-17-9-6-5-8-16(17)14-24-22(26)18-12-19(23)21-20(13-18)27-10-7-11-28-21/h5-6,8-9,12-13H,3-4,7,10-11,14-15H2,1-2H3,(H,24,26). The van der Waals surface area contributed by atoms with Crippen LogP contribution >= 0.6 is 11.6 Å². The number of rotatable bonds is 7. The lowest BCUT2D eigenvalue weighted by Gasteiger charge is -2.20. The molecule has 28 heavy (non-hydrogen) atoms. The molecule has 6 heteroatoms. The van der Waals surface area contributed by atoms with E-state index in [-0.39, 0.29) is 5.91 Å². The van der Waals surface area contributed by atoms with E-state index >= 15 is 0 Å². The highest BCUT2D eigenvalue weighted by Crippen LogP contribution is 2.38. The maximum Gasteiger partial charge on any atom is 0.251 e. The van der Waals surface area contributed by atoms with Crippen LogP contribution in [0.1, 0.15) is 41.8 Å². The number of halogens is 1. The normalized spacial score (nSPS) is 13.3. The van der Waals surface area contributed by atoms with Gasteiger partial charge in [-0.15, -0.1) is 0 Å². The Morgan fingerprint density at radius 2 is 1.82 bits per heavy atom. The Bertz CT molecular complexity index is 821. The lowest BCUT2D eigenvalue weighted by Crippen LogP contribution is -2.26. The van der Waals surface area contributed by atoms with Crippen LogP contribution in [-0.4, -0.2) is 37.1 Å². The third kappa shape index (κ3) is 4.97. The first-order valence-corrected chi connectivity index (χ1v) is 10.2. The third-order valence-electron chi connectivity index (χ3n) is 4.91. The predicted molar refractivity (Wildman–Crippen MR) is 111 cm³/mol. The van der Waals surface area contributed by atoms with Gasteiger partial charge in [-0.2, -0.15) is 0 Å². The molecule has 1 aliphatic heterocycles. The summed E-state index contributed by atoms with van der Waals surface area (Å²) in [4.78, 5) is 15.1. The molecule has 0 saturated heterocycles. The second-order valence-corrected chi connectivity index (χ2v) is 7.16. The van der Waals surface area contributed by atoms with Crippen LogP contribution in [0.5, 0.6) is 11.5 Å². The van der Waals surface area contributed by atoms with Gasteiger partial charge in [0.25, 0.3) is 5.91 Å². The minimum atomic E-state index is -0.185. The second kappa shape index (κ2) is 9.80. The molecule has 3 rings (SSSR count). The first kappa shape index (κ1) is 20.5. The molecular weight excluding hydrogens is 376 g/mol. The molecule has 0 fully saturated rings. The van der Waals surface area contributed by atoms with Crippen molar-refractivity contribution in [2.75, 3.05) is 26.3 Å². The van der Waals surface area contributed by atoms with Crippen molar-refractivity contribution in [1.29, 1.82) is 0 Å². The first-order valence-electron chi connectivity index (χ1n) is 9.78. The molecule has 1 aliphatic rings. The van der Waals surface area contributed by atoms with Gasteiger partial charge in [-0.05, 0) is 36.3 Å². The highest BCUT2D eigenvalue weighted by molar-refractivity contribution is 6.32. The van der Waals surface area contributed by atoms with E-state index in [0.717, 1.165) is 31.6 Å². The van der Waals surface area contributed by atoms with Crippen molar-refractivity contribution in [3.63, 3.8) is 0 Å². The lowest BCUT2D eigenvalue weighted by molar-refractivity contribution is 0.0950. The molecule has 1 heterocycles. The van der Waals surface area contributed by atoms with Crippen LogP contribution in [-0.2, 0) is 13.1 Å². The second-order valence-electron chi connectivity index (χ2n) is 6.75. The van der Waals surface area contributed by atoms with Crippen LogP contribution in [0.25, 0.3) is 0 Å². The number of nitrogens with one attached hydrogen (secondary N) is 1. The van der Waals surface area contributed by atoms with Gasteiger partial charge in [0.1, 0.15) is 0 Å². The Morgan fingerprint density at radius 1 is 1.11 bits per heavy atom. The van der Waals surface area contributed by atoms with Crippen LogP contribution in [0.4, 0.5) is 0 Å². The zero-order valence-electron chi connectivity index (χ0n) is 16.5. The van der Waals surface area contributed by atoms with Crippen molar-refractivity contribution in [2.24, 2.45) is 0 Å². The number of hydrogen-bond donors (Lipinski definition) is 1. The topological polar surface area (TPSA) is 50.8 Å². The van der Waals surface area contributed by atoms with E-state index in [1.807, 2.05) is 12.1 Å². The Hall–Kier alpha value is -2.24. The molecule has 0 radical (unpaired) electrons. The van der Waals surface area contributed by atoms with E-state index in [0.29, 0.717) is 41.8 Å². The Morgan fingerprint density at radius 3 is 2.57 bits per heavy atom. The van der Waals surface area contributed by atoms with Crippen molar-refractivity contribution >= 4 is 17.5 Å². The van der Waals surface area contributed by atoms with Gasteiger partial charge in [0.15, 0.2) is 11.5 Å². The maximum absolute atomic E-state index is 12.7. The first-order chi connectivity index (χ1) is 13.6. The van der Waals surface area contributed by atoms with Gasteiger partial charge >= 0.3 is 0 Å². The summed E-state index contributed by atoms with van der Waals surface area (Å²) in [6, 6.07) is 11.5. The molecule has 0 aromatic heterocycles. The van der Waals surface area contributed by atoms with Gasteiger partial charge in [0.05, 0.1) is 18.2 Å². The number of nitrogens with zero attached hydrogens (tertiary/aromatic N) is 1. The summed E-state index contributed by atoms with van der Waals surface area (Å²) in [7, 11) is 0. The average Bonchev–Trinajstić information content (AvgIpc) is 2.96. The zero-order valence-corrected chi connectivity index (χ0v) is 17.2. The largest absolute Gasteiger partial charge is 0.489 e. The van der Waals surface area contributed by atoms with Gasteiger partial charge in [-0.3, -0.25) is 9.69 Å². The molecule has 0 saturated carbocycles. The number of carbonyl (C=O) groups excluding carboxylic acids is 1. The molecule has 0 unspecified atom stereocenters. The zero-order chi connectivity index (χ0) is 19.9. The van der Waals surface area contributed by atoms with Crippen molar-refractivity contribution in [3.8, 4) is 11.5 Å². The van der Waals surface area contributed by atoms with Crippen molar-refractivity contribution in [2.45, 2.75) is 33.4 Å². The summed E-state index contributed by atoms with van der Waals surface area (Å²) < 4.78 is 11.3. The van der Waals surface area contributed by atoms with Crippen molar-refractivity contribution < 1.29 is 14.3 Å². The summed E-state index contributed by atoms with van der Waals surface area (Å²) in [6.45, 7) is 8.73. The summed E-state index contributed by atoms with van der Waals surface area (Å²) in [5, 5.41) is 3.40. The molecule has 1 amide bonds. The summed E-state index contributed by atoms with van der Waals surface area (Å²) in [5.74, 6) is 0.854. The van der Waals surface area contributed by atoms with Gasteiger partial charge in [-0.1, -0.05) is 49.7 Å². The van der Waals surface area contributed by atoms with Crippen LogP contribution in [0.2, 0.25) is 5.02 Å². The van der Waals surface area contributed by atoms with Gasteiger partial charge in [0.2, 0.25) is 0 Å². The maximum atomic E-state index is 12.7. The predicted octanol–water partition coefficient (Wildman–Crippen LogP) is 4.27. The van der Waals surface area contributed by atoms with E-state index in [4.69, 9.17) is 21.1 Å². The van der Waals surface area contributed by atoms with Crippen LogP contribution in [0, 0.1) is 0 Å². The molecule has 1 N–H and O–H groups in total. The number of benzene rings is 2. The fourth-order valence-electron chi connectivity index (χ4n) is 3.21. The van der Waals surface area contributed by atoms with E-state index in [2.05, 4.69) is 36.2 Å². The minimum absolute atomic E-state index is 0.185. The number of amides is 1. The monoisotopic (exact) mass is 402 g/mol. The van der Waals surface area contributed by atoms with Crippen molar-refractivity contribution in [3.05, 3.63) is 58.1 Å². The van der Waals surface area contributed by atoms with Gasteiger partial charge < -0.3 is 14.8 Å². The Balaban J connectivity index is 1.71. The number of carbonyl (C=O) groups is 1. The van der Waals surface area contributed by atoms with Gasteiger partial charge in [0, 0.05) is 25.1 Å². The third-order valence-corrected chi connectivity index (χ3v) is 5.19. The number of hydrogen-bond acceptors (Lipinski definition) is 4. The lowest BCUT2D eigenvalue weighted by atomic mass is 10.1. The number of ether oxygens (including phenoxy) is 2. The summed E-state index contributed by atoms with van der Waals surface area (Å²) >= 11 is 6.31. The molecule has 0 aliphatic carbocycles.